The first-order valence-electron chi connectivity index (χ1n) is 9.78. The van der Waals surface area contributed by atoms with Gasteiger partial charge >= 0.3 is 6.01 Å². The highest BCUT2D eigenvalue weighted by atomic mass is 16.5. The summed E-state index contributed by atoms with van der Waals surface area (Å²) in [6.07, 6.45) is 5.05. The summed E-state index contributed by atoms with van der Waals surface area (Å²) in [5.74, 6) is 0.442. The number of aromatic nitrogens is 5. The Kier molecular flexibility index (Phi) is 4.59. The molecule has 3 heterocycles. The summed E-state index contributed by atoms with van der Waals surface area (Å²) < 4.78 is 7.62. The lowest BCUT2D eigenvalue weighted by atomic mass is 10.1. The van der Waals surface area contributed by atoms with Crippen LogP contribution in [0.15, 0.2) is 67.1 Å². The van der Waals surface area contributed by atoms with E-state index >= 15 is 0 Å². The first-order chi connectivity index (χ1) is 15.1. The van der Waals surface area contributed by atoms with Crippen LogP contribution in [0.4, 0.5) is 5.69 Å². The molecule has 31 heavy (non-hydrogen) atoms. The average Bonchev–Trinajstić information content (AvgIpc) is 3.16. The molecule has 0 aliphatic rings. The third kappa shape index (κ3) is 3.59. The minimum Gasteiger partial charge on any atom is -0.493 e. The number of fused-ring (bicyclic) bond motifs is 2. The number of pyridine rings is 1. The summed E-state index contributed by atoms with van der Waals surface area (Å²) in [4.78, 5) is 14.5. The van der Waals surface area contributed by atoms with Gasteiger partial charge in [-0.1, -0.05) is 12.1 Å². The monoisotopic (exact) mass is 412 g/mol. The second kappa shape index (κ2) is 7.56. The van der Waals surface area contributed by atoms with Gasteiger partial charge in [0.05, 0.1) is 28.8 Å². The average molecular weight is 412 g/mol. The molecule has 5 aromatic rings. The summed E-state index contributed by atoms with van der Waals surface area (Å²) in [6.45, 7) is 0.748. The van der Waals surface area contributed by atoms with Crippen LogP contribution in [0.1, 0.15) is 5.56 Å². The molecule has 2 aromatic carbocycles. The van der Waals surface area contributed by atoms with Crippen molar-refractivity contribution in [1.29, 1.82) is 0 Å². The van der Waals surface area contributed by atoms with Gasteiger partial charge in [-0.15, -0.1) is 0 Å². The summed E-state index contributed by atoms with van der Waals surface area (Å²) in [7, 11) is 3.99. The highest BCUT2D eigenvalue weighted by Crippen LogP contribution is 2.28. The Balaban J connectivity index is 1.34. The zero-order chi connectivity index (χ0) is 21.4. The third-order valence-electron chi connectivity index (χ3n) is 5.23. The lowest BCUT2D eigenvalue weighted by Crippen LogP contribution is -2.16. The van der Waals surface area contributed by atoms with E-state index in [-0.39, 0.29) is 11.9 Å². The lowest BCUT2D eigenvalue weighted by molar-refractivity contribution is 0.412. The van der Waals surface area contributed by atoms with Crippen molar-refractivity contribution < 1.29 is 9.84 Å². The van der Waals surface area contributed by atoms with Crippen LogP contribution in [-0.2, 0) is 13.6 Å². The van der Waals surface area contributed by atoms with Gasteiger partial charge in [-0.2, -0.15) is 15.1 Å². The number of ether oxygens (including phenoxy) is 1. The van der Waals surface area contributed by atoms with Gasteiger partial charge in [-0.3, -0.25) is 9.67 Å². The molecule has 0 unspecified atom stereocenters. The molecule has 5 rings (SSSR count). The Bertz CT molecular complexity index is 1380. The van der Waals surface area contributed by atoms with Gasteiger partial charge in [0.1, 0.15) is 5.75 Å². The molecule has 0 radical (unpaired) electrons. The molecule has 0 aliphatic carbocycles. The minimum absolute atomic E-state index is 0.0716. The number of hydrogen-bond acceptors (Lipinski definition) is 7. The molecule has 0 fully saturated rings. The van der Waals surface area contributed by atoms with Crippen LogP contribution >= 0.6 is 0 Å². The number of aryl methyl sites for hydroxylation is 1. The molecule has 0 aliphatic heterocycles. The molecule has 0 atom stereocenters. The highest BCUT2D eigenvalue weighted by molar-refractivity contribution is 5.83. The van der Waals surface area contributed by atoms with Crippen LogP contribution in [0.5, 0.6) is 17.6 Å². The van der Waals surface area contributed by atoms with Crippen molar-refractivity contribution in [2.75, 3.05) is 11.9 Å². The first kappa shape index (κ1) is 18.8. The van der Waals surface area contributed by atoms with E-state index in [9.17, 15) is 5.11 Å². The van der Waals surface area contributed by atoms with Crippen LogP contribution in [0.25, 0.3) is 21.8 Å². The van der Waals surface area contributed by atoms with Gasteiger partial charge in [0.2, 0.25) is 5.88 Å². The number of benzene rings is 2. The van der Waals surface area contributed by atoms with Crippen LogP contribution in [0, 0.1) is 0 Å². The highest BCUT2D eigenvalue weighted by Gasteiger charge is 2.11. The number of rotatable bonds is 5. The number of aromatic hydroxyl groups is 1. The molecule has 0 bridgehead atoms. The van der Waals surface area contributed by atoms with E-state index in [1.165, 1.54) is 5.56 Å². The molecule has 0 saturated heterocycles. The molecule has 8 heteroatoms. The normalized spacial score (nSPS) is 11.2. The Morgan fingerprint density at radius 1 is 1.00 bits per heavy atom. The van der Waals surface area contributed by atoms with Gasteiger partial charge < -0.3 is 14.7 Å². The van der Waals surface area contributed by atoms with Crippen molar-refractivity contribution in [3.05, 3.63) is 72.7 Å². The van der Waals surface area contributed by atoms with Crippen molar-refractivity contribution in [1.82, 2.24) is 24.7 Å². The Labute approximate surface area is 178 Å². The molecule has 0 spiro atoms. The molecule has 1 N–H and O–H groups in total. The van der Waals surface area contributed by atoms with Gasteiger partial charge in [-0.05, 0) is 42.0 Å². The van der Waals surface area contributed by atoms with Crippen molar-refractivity contribution in [2.24, 2.45) is 7.05 Å². The van der Waals surface area contributed by atoms with E-state index in [1.54, 1.807) is 18.5 Å². The predicted octanol–water partition coefficient (Wildman–Crippen LogP) is 4.05. The van der Waals surface area contributed by atoms with E-state index < -0.39 is 0 Å². The molecule has 8 nitrogen and oxygen atoms in total. The van der Waals surface area contributed by atoms with E-state index in [1.807, 2.05) is 49.2 Å². The quantitative estimate of drug-likeness (QED) is 0.466. The zero-order valence-electron chi connectivity index (χ0n) is 17.1. The second-order valence-corrected chi connectivity index (χ2v) is 7.29. The third-order valence-corrected chi connectivity index (χ3v) is 5.23. The topological polar surface area (TPSA) is 89.2 Å². The molecular weight excluding hydrogens is 392 g/mol. The van der Waals surface area contributed by atoms with Gasteiger partial charge in [0, 0.05) is 37.9 Å². The van der Waals surface area contributed by atoms with E-state index in [4.69, 9.17) is 4.74 Å². The van der Waals surface area contributed by atoms with E-state index in [2.05, 4.69) is 43.1 Å². The van der Waals surface area contributed by atoms with Gasteiger partial charge in [0.25, 0.3) is 0 Å². The largest absolute Gasteiger partial charge is 0.493 e. The Morgan fingerprint density at radius 3 is 2.68 bits per heavy atom. The molecule has 0 amide bonds. The Morgan fingerprint density at radius 2 is 1.84 bits per heavy atom. The van der Waals surface area contributed by atoms with Crippen LogP contribution in [0.3, 0.4) is 0 Å². The Hall–Kier alpha value is -4.20. The summed E-state index contributed by atoms with van der Waals surface area (Å²) in [5, 5.41) is 16.1. The fraction of sp³-hybridized carbons (Fsp3) is 0.130. The zero-order valence-corrected chi connectivity index (χ0v) is 17.1. The predicted molar refractivity (Wildman–Crippen MR) is 118 cm³/mol. The maximum absolute atomic E-state index is 10.1. The van der Waals surface area contributed by atoms with Crippen molar-refractivity contribution >= 4 is 27.5 Å². The fourth-order valence-corrected chi connectivity index (χ4v) is 3.58. The second-order valence-electron chi connectivity index (χ2n) is 7.29. The molecule has 0 saturated carbocycles. The SMILES string of the molecule is CN(Cc1cccc2c1cnn2C)c1ccc(Oc2nc(O)c3ccncc3n2)cc1. The van der Waals surface area contributed by atoms with Crippen LogP contribution < -0.4 is 9.64 Å². The maximum atomic E-state index is 10.1. The van der Waals surface area contributed by atoms with Crippen LogP contribution in [-0.4, -0.2) is 36.9 Å². The number of hydrogen-bond donors (Lipinski definition) is 1. The van der Waals surface area contributed by atoms with Crippen molar-refractivity contribution in [3.63, 3.8) is 0 Å². The summed E-state index contributed by atoms with van der Waals surface area (Å²) in [5.41, 5.74) is 3.89. The molecular formula is C23H20N6O2. The summed E-state index contributed by atoms with van der Waals surface area (Å²) >= 11 is 0. The smallest absolute Gasteiger partial charge is 0.325 e. The first-order valence-corrected chi connectivity index (χ1v) is 9.78. The fourth-order valence-electron chi connectivity index (χ4n) is 3.58. The van der Waals surface area contributed by atoms with Gasteiger partial charge in [-0.25, -0.2) is 0 Å². The van der Waals surface area contributed by atoms with Gasteiger partial charge in [0.15, 0.2) is 0 Å². The van der Waals surface area contributed by atoms with E-state index in [0.717, 1.165) is 23.1 Å². The summed E-state index contributed by atoms with van der Waals surface area (Å²) in [6, 6.07) is 15.6. The maximum Gasteiger partial charge on any atom is 0.325 e. The van der Waals surface area contributed by atoms with Crippen molar-refractivity contribution in [3.8, 4) is 17.6 Å². The van der Waals surface area contributed by atoms with E-state index in [0.29, 0.717) is 16.7 Å². The van der Waals surface area contributed by atoms with Crippen LogP contribution in [0.2, 0.25) is 0 Å². The lowest BCUT2D eigenvalue weighted by Gasteiger charge is -2.20. The minimum atomic E-state index is -0.136. The molecule has 3 aromatic heterocycles. The standard InChI is InChI=1S/C23H20N6O2/c1-28(14-15-4-3-5-21-19(15)12-25-29(21)2)16-6-8-17(9-7-16)31-23-26-20-13-24-11-10-18(20)22(30)27-23/h3-13H,14H2,1-2H3,(H,26,27,30). The number of nitrogens with zero attached hydrogens (tertiary/aromatic N) is 6. The van der Waals surface area contributed by atoms with Crippen molar-refractivity contribution in [2.45, 2.75) is 6.54 Å². The number of anilines is 1. The molecule has 154 valence electrons.